The number of benzene rings is 1. The van der Waals surface area contributed by atoms with E-state index in [1.165, 1.54) is 0 Å². The Bertz CT molecular complexity index is 421. The Balaban J connectivity index is 3.22. The van der Waals surface area contributed by atoms with E-state index in [9.17, 15) is 0 Å². The maximum absolute atomic E-state index is 8.32. The summed E-state index contributed by atoms with van der Waals surface area (Å²) < 4.78 is 5.22. The molecule has 0 bridgehead atoms. The minimum absolute atomic E-state index is 0.849. The van der Waals surface area contributed by atoms with E-state index in [4.69, 9.17) is 10.00 Å². The quantitative estimate of drug-likeness (QED) is 0.628. The lowest BCUT2D eigenvalue weighted by Gasteiger charge is -2.08. The van der Waals surface area contributed by atoms with Crippen LogP contribution in [0.5, 0.6) is 5.75 Å². The summed E-state index contributed by atoms with van der Waals surface area (Å²) >= 11 is 0. The molecule has 0 aromatic heterocycles. The summed E-state index contributed by atoms with van der Waals surface area (Å²) in [6.45, 7) is 3.92. The van der Waals surface area contributed by atoms with Crippen molar-refractivity contribution in [1.29, 1.82) is 5.26 Å². The van der Waals surface area contributed by atoms with E-state index < -0.39 is 0 Å². The lowest BCUT2D eigenvalue weighted by molar-refractivity contribution is 0.408. The molecule has 1 aromatic rings. The fourth-order valence-corrected chi connectivity index (χ4v) is 1.44. The van der Waals surface area contributed by atoms with E-state index in [0.29, 0.717) is 0 Å². The number of ether oxygens (including phenoxy) is 1. The van der Waals surface area contributed by atoms with E-state index in [1.54, 1.807) is 13.2 Å². The van der Waals surface area contributed by atoms with Crippen molar-refractivity contribution < 1.29 is 4.74 Å². The molecule has 0 amide bonds. The molecular formula is C12H11NO. The van der Waals surface area contributed by atoms with Crippen molar-refractivity contribution in [1.82, 2.24) is 0 Å². The second-order valence-electron chi connectivity index (χ2n) is 3.01. The summed E-state index contributed by atoms with van der Waals surface area (Å²) in [6.07, 6.45) is 0. The van der Waals surface area contributed by atoms with Crippen LogP contribution in [0.4, 0.5) is 0 Å². The zero-order chi connectivity index (χ0) is 10.6. The van der Waals surface area contributed by atoms with Gasteiger partial charge in [-0.2, -0.15) is 5.26 Å². The number of nitrogens with zero attached hydrogens (tertiary/aromatic N) is 1. The third-order valence-corrected chi connectivity index (χ3v) is 1.93. The molecule has 70 valence electrons. The van der Waals surface area contributed by atoms with Crippen LogP contribution in [0.3, 0.4) is 0 Å². The first-order chi connectivity index (χ1) is 6.69. The topological polar surface area (TPSA) is 33.0 Å². The van der Waals surface area contributed by atoms with E-state index in [-0.39, 0.29) is 0 Å². The molecule has 1 rings (SSSR count). The summed E-state index contributed by atoms with van der Waals surface area (Å²) in [5, 5.41) is 8.32. The van der Waals surface area contributed by atoms with Crippen LogP contribution in [0.25, 0.3) is 0 Å². The molecule has 0 unspecified atom stereocenters. The number of hydrogen-bond acceptors (Lipinski definition) is 2. The normalized spacial score (nSPS) is 8.43. The van der Waals surface area contributed by atoms with Crippen LogP contribution in [0.2, 0.25) is 0 Å². The Kier molecular flexibility index (Phi) is 3.15. The van der Waals surface area contributed by atoms with E-state index in [1.807, 2.05) is 26.0 Å². The van der Waals surface area contributed by atoms with Gasteiger partial charge in [0.15, 0.2) is 6.07 Å². The number of rotatable bonds is 1. The molecule has 2 nitrogen and oxygen atoms in total. The number of aryl methyl sites for hydroxylation is 2. The average molecular weight is 185 g/mol. The van der Waals surface area contributed by atoms with Crippen molar-refractivity contribution in [3.05, 3.63) is 28.8 Å². The first-order valence-electron chi connectivity index (χ1n) is 4.24. The van der Waals surface area contributed by atoms with Gasteiger partial charge in [-0.05, 0) is 37.1 Å². The molecule has 2 heteroatoms. The van der Waals surface area contributed by atoms with Gasteiger partial charge in [0.1, 0.15) is 5.75 Å². The van der Waals surface area contributed by atoms with Crippen LogP contribution in [0.1, 0.15) is 16.7 Å². The number of nitriles is 1. The molecule has 0 aliphatic heterocycles. The molecule has 0 saturated carbocycles. The highest BCUT2D eigenvalue weighted by Gasteiger charge is 2.03. The average Bonchev–Trinajstić information content (AvgIpc) is 2.14. The predicted octanol–water partition coefficient (Wildman–Crippen LogP) is 2.19. The van der Waals surface area contributed by atoms with Crippen molar-refractivity contribution >= 4 is 0 Å². The van der Waals surface area contributed by atoms with Gasteiger partial charge in [0.2, 0.25) is 0 Å². The highest BCUT2D eigenvalue weighted by molar-refractivity contribution is 5.49. The molecule has 0 aliphatic rings. The third-order valence-electron chi connectivity index (χ3n) is 1.93. The SMILES string of the molecule is COc1c(C)cc(C#CC#N)cc1C. The monoisotopic (exact) mass is 185 g/mol. The Hall–Kier alpha value is -1.93. The van der Waals surface area contributed by atoms with Crippen molar-refractivity contribution in [2.24, 2.45) is 0 Å². The largest absolute Gasteiger partial charge is 0.496 e. The van der Waals surface area contributed by atoms with Crippen molar-refractivity contribution in [3.8, 4) is 23.7 Å². The van der Waals surface area contributed by atoms with Crippen LogP contribution in [0, 0.1) is 37.0 Å². The molecule has 1 aromatic carbocycles. The zero-order valence-electron chi connectivity index (χ0n) is 8.51. The second kappa shape index (κ2) is 4.35. The molecule has 0 radical (unpaired) electrons. The van der Waals surface area contributed by atoms with E-state index in [2.05, 4.69) is 11.8 Å². The van der Waals surface area contributed by atoms with Gasteiger partial charge in [0, 0.05) is 11.5 Å². The van der Waals surface area contributed by atoms with Gasteiger partial charge in [0.05, 0.1) is 7.11 Å². The van der Waals surface area contributed by atoms with Crippen molar-refractivity contribution in [2.45, 2.75) is 13.8 Å². The summed E-state index contributed by atoms with van der Waals surface area (Å²) in [7, 11) is 1.65. The first-order valence-corrected chi connectivity index (χ1v) is 4.24. The predicted molar refractivity (Wildman–Crippen MR) is 55.0 cm³/mol. The minimum Gasteiger partial charge on any atom is -0.496 e. The molecule has 0 saturated heterocycles. The summed E-state index contributed by atoms with van der Waals surface area (Å²) in [6, 6.07) is 5.62. The van der Waals surface area contributed by atoms with Crippen molar-refractivity contribution in [2.75, 3.05) is 7.11 Å². The lowest BCUT2D eigenvalue weighted by atomic mass is 10.1. The van der Waals surface area contributed by atoms with Gasteiger partial charge in [0.25, 0.3) is 0 Å². The highest BCUT2D eigenvalue weighted by atomic mass is 16.5. The summed E-state index contributed by atoms with van der Waals surface area (Å²) in [4.78, 5) is 0. The highest BCUT2D eigenvalue weighted by Crippen LogP contribution is 2.23. The van der Waals surface area contributed by atoms with Gasteiger partial charge < -0.3 is 4.74 Å². The first kappa shape index (κ1) is 10.2. The van der Waals surface area contributed by atoms with Crippen molar-refractivity contribution in [3.63, 3.8) is 0 Å². The molecule has 0 fully saturated rings. The van der Waals surface area contributed by atoms with Crippen LogP contribution in [-0.2, 0) is 0 Å². The molecule has 0 N–H and O–H groups in total. The number of methoxy groups -OCH3 is 1. The molecule has 0 spiro atoms. The van der Waals surface area contributed by atoms with Gasteiger partial charge in [-0.1, -0.05) is 5.92 Å². The third kappa shape index (κ3) is 2.06. The van der Waals surface area contributed by atoms with Gasteiger partial charge in [-0.15, -0.1) is 0 Å². The molecular weight excluding hydrogens is 174 g/mol. The zero-order valence-corrected chi connectivity index (χ0v) is 8.51. The second-order valence-corrected chi connectivity index (χ2v) is 3.01. The fraction of sp³-hybridized carbons (Fsp3) is 0.250. The summed E-state index contributed by atoms with van der Waals surface area (Å²) in [5.74, 6) is 6.01. The minimum atomic E-state index is 0.849. The van der Waals surface area contributed by atoms with Gasteiger partial charge >= 0.3 is 0 Å². The van der Waals surface area contributed by atoms with Crippen LogP contribution in [0.15, 0.2) is 12.1 Å². The molecule has 0 heterocycles. The Labute approximate surface area is 84.1 Å². The van der Waals surface area contributed by atoms with E-state index in [0.717, 1.165) is 22.4 Å². The van der Waals surface area contributed by atoms with E-state index >= 15 is 0 Å². The maximum atomic E-state index is 8.32. The standard InChI is InChI=1S/C12H11NO/c1-9-7-11(5-4-6-13)8-10(2)12(9)14-3/h7-8H,1-3H3. The van der Waals surface area contributed by atoms with Crippen LogP contribution < -0.4 is 4.74 Å². The smallest absolute Gasteiger partial charge is 0.152 e. The lowest BCUT2D eigenvalue weighted by Crippen LogP contribution is -1.92. The van der Waals surface area contributed by atoms with Crippen LogP contribution in [-0.4, -0.2) is 7.11 Å². The van der Waals surface area contributed by atoms with Gasteiger partial charge in [-0.25, -0.2) is 0 Å². The fourth-order valence-electron chi connectivity index (χ4n) is 1.44. The summed E-state index contributed by atoms with van der Waals surface area (Å²) in [5.41, 5.74) is 2.92. The van der Waals surface area contributed by atoms with Crippen LogP contribution >= 0.6 is 0 Å². The molecule has 0 atom stereocenters. The maximum Gasteiger partial charge on any atom is 0.152 e. The van der Waals surface area contributed by atoms with Gasteiger partial charge in [-0.3, -0.25) is 0 Å². The Morgan fingerprint density at radius 3 is 2.21 bits per heavy atom. The molecule has 0 aliphatic carbocycles. The Morgan fingerprint density at radius 2 is 1.79 bits per heavy atom. The molecule has 14 heavy (non-hydrogen) atoms. The Morgan fingerprint density at radius 1 is 1.21 bits per heavy atom. The number of hydrogen-bond donors (Lipinski definition) is 0.